The molecule has 1 saturated heterocycles. The Bertz CT molecular complexity index is 745. The monoisotopic (exact) mass is 337 g/mol. The number of nitrogens with zero attached hydrogens (tertiary/aromatic N) is 2. The summed E-state index contributed by atoms with van der Waals surface area (Å²) in [5.74, 6) is 0.258. The fourth-order valence-corrected chi connectivity index (χ4v) is 4.20. The Morgan fingerprint density at radius 2 is 2.22 bits per heavy atom. The Labute approximate surface area is 135 Å². The zero-order valence-electron chi connectivity index (χ0n) is 12.9. The summed E-state index contributed by atoms with van der Waals surface area (Å²) in [6, 6.07) is 6.33. The number of likely N-dealkylation sites (tertiary alicyclic amines) is 1. The van der Waals surface area contributed by atoms with Crippen molar-refractivity contribution < 1.29 is 17.9 Å². The predicted octanol–water partition coefficient (Wildman–Crippen LogP) is 0.363. The molecular formula is C15H19N3O4S. The Hall–Kier alpha value is -1.93. The number of fused-ring (bicyclic) bond motifs is 1. The van der Waals surface area contributed by atoms with Crippen LogP contribution in [0.2, 0.25) is 0 Å². The lowest BCUT2D eigenvalue weighted by Crippen LogP contribution is -2.46. The summed E-state index contributed by atoms with van der Waals surface area (Å²) in [4.78, 5) is 14.4. The summed E-state index contributed by atoms with van der Waals surface area (Å²) < 4.78 is 33.2. The van der Waals surface area contributed by atoms with Crippen molar-refractivity contribution in [1.82, 2.24) is 10.2 Å². The van der Waals surface area contributed by atoms with Crippen LogP contribution in [0.15, 0.2) is 33.6 Å². The minimum Gasteiger partial charge on any atom is -0.383 e. The molecule has 1 N–H and O–H groups in total. The summed E-state index contributed by atoms with van der Waals surface area (Å²) in [5.41, 5.74) is 0.573. The SMILES string of the molecule is COCCNC(=O)[C@@H]1CCCN1C1=NS(=O)(=O)c2ccccc21. The van der Waals surface area contributed by atoms with Crippen LogP contribution in [0.4, 0.5) is 0 Å². The van der Waals surface area contributed by atoms with Crippen molar-refractivity contribution in [3.8, 4) is 0 Å². The molecule has 0 aromatic heterocycles. The summed E-state index contributed by atoms with van der Waals surface area (Å²) >= 11 is 0. The summed E-state index contributed by atoms with van der Waals surface area (Å²) in [6.45, 7) is 1.49. The van der Waals surface area contributed by atoms with Gasteiger partial charge < -0.3 is 15.0 Å². The molecule has 2 heterocycles. The van der Waals surface area contributed by atoms with E-state index in [0.717, 1.165) is 6.42 Å². The molecule has 0 bridgehead atoms. The molecule has 0 radical (unpaired) electrons. The second kappa shape index (κ2) is 6.29. The van der Waals surface area contributed by atoms with Crippen LogP contribution in [-0.4, -0.2) is 57.9 Å². The van der Waals surface area contributed by atoms with Gasteiger partial charge in [0.2, 0.25) is 5.91 Å². The first-order chi connectivity index (χ1) is 11.0. The fourth-order valence-electron chi connectivity index (χ4n) is 2.98. The van der Waals surface area contributed by atoms with E-state index >= 15 is 0 Å². The highest BCUT2D eigenvalue weighted by molar-refractivity contribution is 7.90. The second-order valence-electron chi connectivity index (χ2n) is 5.52. The summed E-state index contributed by atoms with van der Waals surface area (Å²) in [6.07, 6.45) is 1.50. The molecule has 0 aliphatic carbocycles. The number of methoxy groups -OCH3 is 1. The molecule has 23 heavy (non-hydrogen) atoms. The molecule has 8 heteroatoms. The second-order valence-corrected chi connectivity index (χ2v) is 7.09. The number of amidine groups is 1. The standard InChI is InChI=1S/C15H19N3O4S/c1-22-10-8-16-15(19)12-6-4-9-18(12)14-11-5-2-3-7-13(11)23(20,21)17-14/h2-3,5,7,12H,4,6,8-10H2,1H3,(H,16,19)/t12-/m0/s1. The van der Waals surface area contributed by atoms with Crippen LogP contribution in [-0.2, 0) is 19.6 Å². The molecule has 0 unspecified atom stereocenters. The van der Waals surface area contributed by atoms with Gasteiger partial charge in [0.05, 0.1) is 6.61 Å². The molecule has 1 aromatic rings. The lowest BCUT2D eigenvalue weighted by atomic mass is 10.1. The van der Waals surface area contributed by atoms with Gasteiger partial charge in [0.15, 0.2) is 5.84 Å². The van der Waals surface area contributed by atoms with E-state index in [1.165, 1.54) is 0 Å². The first-order valence-corrected chi connectivity index (χ1v) is 8.96. The molecule has 124 valence electrons. The topological polar surface area (TPSA) is 88.1 Å². The number of carbonyl (C=O) groups excluding carboxylic acids is 1. The quantitative estimate of drug-likeness (QED) is 0.802. The Kier molecular flexibility index (Phi) is 4.36. The number of nitrogens with one attached hydrogen (secondary N) is 1. The minimum absolute atomic E-state index is 0.121. The highest BCUT2D eigenvalue weighted by Gasteiger charge is 2.38. The van der Waals surface area contributed by atoms with Crippen molar-refractivity contribution in [2.45, 2.75) is 23.8 Å². The van der Waals surface area contributed by atoms with E-state index < -0.39 is 16.1 Å². The molecule has 0 saturated carbocycles. The van der Waals surface area contributed by atoms with Crippen LogP contribution in [0.1, 0.15) is 18.4 Å². The van der Waals surface area contributed by atoms with E-state index in [2.05, 4.69) is 9.71 Å². The largest absolute Gasteiger partial charge is 0.383 e. The highest BCUT2D eigenvalue weighted by atomic mass is 32.2. The zero-order valence-corrected chi connectivity index (χ0v) is 13.7. The van der Waals surface area contributed by atoms with Crippen molar-refractivity contribution in [2.24, 2.45) is 4.40 Å². The number of rotatable bonds is 4. The van der Waals surface area contributed by atoms with Crippen LogP contribution in [0.5, 0.6) is 0 Å². The van der Waals surface area contributed by atoms with Crippen molar-refractivity contribution in [2.75, 3.05) is 26.8 Å². The van der Waals surface area contributed by atoms with Gasteiger partial charge in [-0.15, -0.1) is 4.40 Å². The Morgan fingerprint density at radius 3 is 3.00 bits per heavy atom. The van der Waals surface area contributed by atoms with Crippen LogP contribution in [0, 0.1) is 0 Å². The fraction of sp³-hybridized carbons (Fsp3) is 0.467. The van der Waals surface area contributed by atoms with E-state index in [9.17, 15) is 13.2 Å². The maximum Gasteiger partial charge on any atom is 0.285 e. The van der Waals surface area contributed by atoms with E-state index in [0.29, 0.717) is 37.5 Å². The molecule has 1 atom stereocenters. The summed E-state index contributed by atoms with van der Waals surface area (Å²) in [7, 11) is -2.10. The number of sulfonamides is 1. The lowest BCUT2D eigenvalue weighted by molar-refractivity contribution is -0.124. The van der Waals surface area contributed by atoms with E-state index in [4.69, 9.17) is 4.74 Å². The van der Waals surface area contributed by atoms with Crippen molar-refractivity contribution >= 4 is 21.8 Å². The number of amides is 1. The van der Waals surface area contributed by atoms with Crippen LogP contribution in [0.25, 0.3) is 0 Å². The first-order valence-electron chi connectivity index (χ1n) is 7.52. The third-order valence-electron chi connectivity index (χ3n) is 4.05. The number of carbonyl (C=O) groups is 1. The summed E-state index contributed by atoms with van der Waals surface area (Å²) in [5, 5.41) is 2.81. The maximum atomic E-state index is 12.3. The Balaban J connectivity index is 1.85. The van der Waals surface area contributed by atoms with Gasteiger partial charge in [-0.05, 0) is 25.0 Å². The Morgan fingerprint density at radius 1 is 1.43 bits per heavy atom. The van der Waals surface area contributed by atoms with Gasteiger partial charge in [0.25, 0.3) is 10.0 Å². The van der Waals surface area contributed by atoms with Gasteiger partial charge in [-0.1, -0.05) is 12.1 Å². The zero-order chi connectivity index (χ0) is 16.4. The number of hydrogen-bond acceptors (Lipinski definition) is 5. The van der Waals surface area contributed by atoms with E-state index in [1.54, 1.807) is 36.3 Å². The minimum atomic E-state index is -3.67. The molecule has 2 aliphatic rings. The van der Waals surface area contributed by atoms with Gasteiger partial charge in [-0.3, -0.25) is 4.79 Å². The lowest BCUT2D eigenvalue weighted by Gasteiger charge is -2.25. The highest BCUT2D eigenvalue weighted by Crippen LogP contribution is 2.31. The third kappa shape index (κ3) is 2.96. The molecular weight excluding hydrogens is 318 g/mol. The van der Waals surface area contributed by atoms with E-state index in [-0.39, 0.29) is 10.8 Å². The van der Waals surface area contributed by atoms with Gasteiger partial charge >= 0.3 is 0 Å². The van der Waals surface area contributed by atoms with Gasteiger partial charge in [0.1, 0.15) is 10.9 Å². The number of benzene rings is 1. The first kappa shape index (κ1) is 15.9. The third-order valence-corrected chi connectivity index (χ3v) is 5.37. The normalized spacial score (nSPS) is 21.9. The average Bonchev–Trinajstić information content (AvgIpc) is 3.11. The van der Waals surface area contributed by atoms with Crippen LogP contribution in [0.3, 0.4) is 0 Å². The van der Waals surface area contributed by atoms with Crippen LogP contribution < -0.4 is 5.32 Å². The smallest absolute Gasteiger partial charge is 0.285 e. The molecule has 3 rings (SSSR count). The van der Waals surface area contributed by atoms with Crippen molar-refractivity contribution in [3.63, 3.8) is 0 Å². The van der Waals surface area contributed by atoms with Crippen LogP contribution >= 0.6 is 0 Å². The maximum absolute atomic E-state index is 12.3. The molecule has 0 spiro atoms. The molecule has 1 amide bonds. The molecule has 1 aromatic carbocycles. The average molecular weight is 337 g/mol. The van der Waals surface area contributed by atoms with Crippen molar-refractivity contribution in [1.29, 1.82) is 0 Å². The molecule has 1 fully saturated rings. The molecule has 2 aliphatic heterocycles. The van der Waals surface area contributed by atoms with Gasteiger partial charge in [0, 0.05) is 25.8 Å². The molecule has 7 nitrogen and oxygen atoms in total. The number of hydrogen-bond donors (Lipinski definition) is 1. The predicted molar refractivity (Wildman–Crippen MR) is 84.8 cm³/mol. The van der Waals surface area contributed by atoms with Gasteiger partial charge in [-0.2, -0.15) is 8.42 Å². The number of ether oxygens (including phenoxy) is 1. The van der Waals surface area contributed by atoms with Crippen molar-refractivity contribution in [3.05, 3.63) is 29.8 Å². The van der Waals surface area contributed by atoms with E-state index in [1.807, 2.05) is 0 Å². The van der Waals surface area contributed by atoms with Gasteiger partial charge in [-0.25, -0.2) is 0 Å².